The van der Waals surface area contributed by atoms with E-state index in [9.17, 15) is 0 Å². The molecule has 2 aromatic heterocycles. The fourth-order valence-electron chi connectivity index (χ4n) is 3.55. The molecule has 1 saturated carbocycles. The van der Waals surface area contributed by atoms with Crippen LogP contribution >= 0.6 is 35.0 Å². The number of rotatable bonds is 6. The van der Waals surface area contributed by atoms with Gasteiger partial charge in [0, 0.05) is 34.8 Å². The molecule has 7 heteroatoms. The zero-order valence-electron chi connectivity index (χ0n) is 15.9. The predicted molar refractivity (Wildman–Crippen MR) is 122 cm³/mol. The third kappa shape index (κ3) is 3.85. The Labute approximate surface area is 189 Å². The first-order valence-electron chi connectivity index (χ1n) is 9.64. The van der Waals surface area contributed by atoms with E-state index in [2.05, 4.69) is 44.0 Å². The van der Waals surface area contributed by atoms with Gasteiger partial charge in [-0.3, -0.25) is 9.55 Å². The van der Waals surface area contributed by atoms with Crippen molar-refractivity contribution in [2.75, 3.05) is 0 Å². The van der Waals surface area contributed by atoms with Crippen LogP contribution < -0.4 is 0 Å². The molecule has 1 aliphatic carbocycles. The maximum absolute atomic E-state index is 6.48. The number of benzene rings is 2. The fourth-order valence-corrected chi connectivity index (χ4v) is 5.68. The minimum absolute atomic E-state index is 0.0816. The number of hydrogen-bond acceptors (Lipinski definition) is 4. The van der Waals surface area contributed by atoms with Crippen molar-refractivity contribution in [3.8, 4) is 17.1 Å². The van der Waals surface area contributed by atoms with Crippen molar-refractivity contribution in [2.45, 2.75) is 21.2 Å². The fraction of sp³-hybridized carbons (Fsp3) is 0.174. The van der Waals surface area contributed by atoms with Crippen LogP contribution in [0.3, 0.4) is 0 Å². The van der Waals surface area contributed by atoms with Crippen molar-refractivity contribution in [2.24, 2.45) is 5.92 Å². The normalized spacial score (nSPS) is 18.1. The van der Waals surface area contributed by atoms with Gasteiger partial charge in [-0.1, -0.05) is 60.3 Å². The van der Waals surface area contributed by atoms with E-state index in [1.54, 1.807) is 24.2 Å². The number of alkyl halides is 2. The van der Waals surface area contributed by atoms with Crippen molar-refractivity contribution < 1.29 is 0 Å². The minimum atomic E-state index is -0.695. The van der Waals surface area contributed by atoms with Gasteiger partial charge in [0.1, 0.15) is 4.33 Å². The van der Waals surface area contributed by atoms with E-state index in [1.807, 2.05) is 48.5 Å². The van der Waals surface area contributed by atoms with Crippen LogP contribution in [0.2, 0.25) is 0 Å². The van der Waals surface area contributed by atoms with Crippen molar-refractivity contribution in [3.63, 3.8) is 0 Å². The van der Waals surface area contributed by atoms with Gasteiger partial charge in [0.15, 0.2) is 11.0 Å². The Balaban J connectivity index is 1.59. The first-order valence-corrected chi connectivity index (χ1v) is 11.3. The second-order valence-corrected chi connectivity index (χ2v) is 9.88. The highest BCUT2D eigenvalue weighted by atomic mass is 35.5. The van der Waals surface area contributed by atoms with Crippen molar-refractivity contribution in [1.82, 2.24) is 19.7 Å². The average molecular weight is 453 g/mol. The lowest BCUT2D eigenvalue weighted by molar-refractivity contribution is 0.782. The van der Waals surface area contributed by atoms with E-state index < -0.39 is 4.33 Å². The molecule has 2 aromatic carbocycles. The van der Waals surface area contributed by atoms with Crippen molar-refractivity contribution in [3.05, 3.63) is 90.8 Å². The summed E-state index contributed by atoms with van der Waals surface area (Å²) in [5.74, 6) is 0.926. The number of para-hydroxylation sites is 1. The lowest BCUT2D eigenvalue weighted by Gasteiger charge is -2.18. The van der Waals surface area contributed by atoms with Gasteiger partial charge >= 0.3 is 0 Å². The van der Waals surface area contributed by atoms with Gasteiger partial charge in [-0.25, -0.2) is 0 Å². The lowest BCUT2D eigenvalue weighted by atomic mass is 10.1. The first kappa shape index (κ1) is 19.6. The maximum Gasteiger partial charge on any atom is 0.196 e. The van der Waals surface area contributed by atoms with Gasteiger partial charge in [0.2, 0.25) is 0 Å². The highest BCUT2D eigenvalue weighted by Crippen LogP contribution is 2.63. The molecule has 1 aliphatic rings. The van der Waals surface area contributed by atoms with Gasteiger partial charge < -0.3 is 0 Å². The summed E-state index contributed by atoms with van der Waals surface area (Å²) >= 11 is 14.6. The standard InChI is InChI=1S/C23H18Cl2N4S/c24-23(25)15-19(23)20(16-7-3-1-4-8-16)30-22-28-27-21(17-11-13-26-14-12-17)29(22)18-9-5-2-6-10-18/h1-14,19-20H,15H2. The Morgan fingerprint density at radius 1 is 0.900 bits per heavy atom. The van der Waals surface area contributed by atoms with Crippen LogP contribution in [-0.2, 0) is 0 Å². The summed E-state index contributed by atoms with van der Waals surface area (Å²) in [6, 6.07) is 24.3. The van der Waals surface area contributed by atoms with Gasteiger partial charge in [0.05, 0.1) is 0 Å². The number of thioether (sulfide) groups is 1. The second-order valence-electron chi connectivity index (χ2n) is 7.23. The highest BCUT2D eigenvalue weighted by molar-refractivity contribution is 7.99. The third-order valence-corrected chi connectivity index (χ3v) is 7.39. The van der Waals surface area contributed by atoms with Crippen molar-refractivity contribution >= 4 is 35.0 Å². The third-order valence-electron chi connectivity index (χ3n) is 5.19. The Hall–Kier alpha value is -2.34. The van der Waals surface area contributed by atoms with E-state index in [0.717, 1.165) is 28.7 Å². The summed E-state index contributed by atoms with van der Waals surface area (Å²) in [5.41, 5.74) is 3.14. The van der Waals surface area contributed by atoms with E-state index in [-0.39, 0.29) is 11.2 Å². The molecule has 0 saturated heterocycles. The van der Waals surface area contributed by atoms with Crippen LogP contribution in [0, 0.1) is 5.92 Å². The van der Waals surface area contributed by atoms with Crippen LogP contribution in [0.4, 0.5) is 0 Å². The summed E-state index contributed by atoms with van der Waals surface area (Å²) in [4.78, 5) is 4.12. The smallest absolute Gasteiger partial charge is 0.196 e. The second kappa shape index (κ2) is 8.06. The quantitative estimate of drug-likeness (QED) is 0.252. The SMILES string of the molecule is ClC1(Cl)CC1C(Sc1nnc(-c2ccncc2)n1-c1ccccc1)c1ccccc1. The Morgan fingerprint density at radius 2 is 1.53 bits per heavy atom. The molecule has 1 fully saturated rings. The highest BCUT2D eigenvalue weighted by Gasteiger charge is 2.56. The van der Waals surface area contributed by atoms with E-state index in [0.29, 0.717) is 0 Å². The number of hydrogen-bond donors (Lipinski definition) is 0. The van der Waals surface area contributed by atoms with Gasteiger partial charge in [0.25, 0.3) is 0 Å². The summed E-state index contributed by atoms with van der Waals surface area (Å²) in [5, 5.41) is 9.97. The molecule has 5 rings (SSSR count). The summed E-state index contributed by atoms with van der Waals surface area (Å²) in [6.45, 7) is 0. The Bertz CT molecular complexity index is 1130. The molecular formula is C23H18Cl2N4S. The molecular weight excluding hydrogens is 435 g/mol. The molecule has 30 heavy (non-hydrogen) atoms. The van der Waals surface area contributed by atoms with E-state index >= 15 is 0 Å². The van der Waals surface area contributed by atoms with Crippen LogP contribution in [0.1, 0.15) is 17.2 Å². The predicted octanol–water partition coefficient (Wildman–Crippen LogP) is 6.36. The summed E-state index contributed by atoms with van der Waals surface area (Å²) in [7, 11) is 0. The monoisotopic (exact) mass is 452 g/mol. The van der Waals surface area contributed by atoms with Gasteiger partial charge in [-0.2, -0.15) is 0 Å². The van der Waals surface area contributed by atoms with E-state index in [4.69, 9.17) is 23.2 Å². The molecule has 150 valence electrons. The van der Waals surface area contributed by atoms with Crippen LogP contribution in [0.15, 0.2) is 90.3 Å². The Morgan fingerprint density at radius 3 is 2.17 bits per heavy atom. The van der Waals surface area contributed by atoms with Crippen LogP contribution in [0.5, 0.6) is 0 Å². The molecule has 0 bridgehead atoms. The average Bonchev–Trinajstić information content (AvgIpc) is 3.22. The number of halogens is 2. The largest absolute Gasteiger partial charge is 0.270 e. The first-order chi connectivity index (χ1) is 14.6. The molecule has 2 heterocycles. The van der Waals surface area contributed by atoms with Crippen LogP contribution in [-0.4, -0.2) is 24.1 Å². The molecule has 0 radical (unpaired) electrons. The zero-order valence-corrected chi connectivity index (χ0v) is 18.2. The molecule has 0 amide bonds. The van der Waals surface area contributed by atoms with Crippen LogP contribution in [0.25, 0.3) is 17.1 Å². The summed E-state index contributed by atoms with van der Waals surface area (Å²) < 4.78 is 1.39. The van der Waals surface area contributed by atoms with Gasteiger partial charge in [-0.15, -0.1) is 33.4 Å². The number of nitrogens with zero attached hydrogens (tertiary/aromatic N) is 4. The minimum Gasteiger partial charge on any atom is -0.270 e. The maximum atomic E-state index is 6.48. The topological polar surface area (TPSA) is 43.6 Å². The van der Waals surface area contributed by atoms with Gasteiger partial charge in [-0.05, 0) is 36.2 Å². The summed E-state index contributed by atoms with van der Waals surface area (Å²) in [6.07, 6.45) is 4.29. The number of aromatic nitrogens is 4. The molecule has 2 atom stereocenters. The zero-order chi connectivity index (χ0) is 20.6. The molecule has 0 N–H and O–H groups in total. The Kier molecular flexibility index (Phi) is 5.27. The molecule has 2 unspecified atom stereocenters. The molecule has 4 aromatic rings. The lowest BCUT2D eigenvalue weighted by Crippen LogP contribution is -2.05. The van der Waals surface area contributed by atoms with Crippen molar-refractivity contribution in [1.29, 1.82) is 0 Å². The molecule has 4 nitrogen and oxygen atoms in total. The molecule has 0 aliphatic heterocycles. The number of pyridine rings is 1. The molecule has 0 spiro atoms. The van der Waals surface area contributed by atoms with E-state index in [1.165, 1.54) is 5.56 Å².